The van der Waals surface area contributed by atoms with Crippen LogP contribution in [0.5, 0.6) is 5.75 Å². The van der Waals surface area contributed by atoms with Crippen molar-refractivity contribution in [2.45, 2.75) is 33.7 Å². The Morgan fingerprint density at radius 3 is 2.45 bits per heavy atom. The van der Waals surface area contributed by atoms with Crippen LogP contribution in [0.1, 0.15) is 44.9 Å². The molecule has 40 heavy (non-hydrogen) atoms. The average molecular weight is 556 g/mol. The summed E-state index contributed by atoms with van der Waals surface area (Å²) in [6.07, 6.45) is 1.89. The van der Waals surface area contributed by atoms with Gasteiger partial charge in [0.2, 0.25) is 0 Å². The number of allylic oxidation sites excluding steroid dienone is 1. The highest BCUT2D eigenvalue weighted by Crippen LogP contribution is 2.40. The molecule has 7 nitrogen and oxygen atoms in total. The number of anilines is 1. The second kappa shape index (κ2) is 11.5. The molecule has 0 radical (unpaired) electrons. The fraction of sp³-hybridized carbons (Fsp3) is 0.281. The number of rotatable bonds is 8. The van der Waals surface area contributed by atoms with E-state index in [2.05, 4.69) is 30.9 Å². The molecule has 206 valence electrons. The van der Waals surface area contributed by atoms with Gasteiger partial charge in [-0.2, -0.15) is 0 Å². The van der Waals surface area contributed by atoms with Crippen LogP contribution in [-0.4, -0.2) is 37.3 Å². The maximum atomic E-state index is 14.1. The van der Waals surface area contributed by atoms with Crippen molar-refractivity contribution in [3.63, 3.8) is 0 Å². The van der Waals surface area contributed by atoms with Crippen LogP contribution in [-0.2, 0) is 9.53 Å². The van der Waals surface area contributed by atoms with E-state index in [0.29, 0.717) is 26.4 Å². The van der Waals surface area contributed by atoms with Crippen molar-refractivity contribution >= 4 is 39.8 Å². The van der Waals surface area contributed by atoms with E-state index in [4.69, 9.17) is 14.5 Å². The van der Waals surface area contributed by atoms with Gasteiger partial charge in [0.25, 0.3) is 5.56 Å². The summed E-state index contributed by atoms with van der Waals surface area (Å²) in [4.78, 5) is 35.0. The minimum atomic E-state index is -0.761. The van der Waals surface area contributed by atoms with Crippen molar-refractivity contribution in [3.05, 3.63) is 103 Å². The number of methoxy groups -OCH3 is 1. The maximum absolute atomic E-state index is 14.1. The molecule has 0 aliphatic carbocycles. The minimum absolute atomic E-state index is 0.211. The first-order valence-corrected chi connectivity index (χ1v) is 14.3. The number of benzene rings is 3. The van der Waals surface area contributed by atoms with Gasteiger partial charge in [0, 0.05) is 24.3 Å². The number of fused-ring (bicyclic) bond motifs is 2. The normalized spacial score (nSPS) is 15.1. The van der Waals surface area contributed by atoms with Crippen LogP contribution in [0.2, 0.25) is 0 Å². The molecular formula is C32H33N3O4S. The zero-order valence-corrected chi connectivity index (χ0v) is 24.2. The second-order valence-electron chi connectivity index (χ2n) is 9.47. The van der Waals surface area contributed by atoms with E-state index < -0.39 is 12.0 Å². The Balaban J connectivity index is 1.75. The van der Waals surface area contributed by atoms with Crippen molar-refractivity contribution < 1.29 is 14.3 Å². The smallest absolute Gasteiger partial charge is 0.338 e. The molecular weight excluding hydrogens is 522 g/mol. The predicted octanol–water partition coefficient (Wildman–Crippen LogP) is 4.81. The highest BCUT2D eigenvalue weighted by Gasteiger charge is 2.36. The Morgan fingerprint density at radius 1 is 1.05 bits per heavy atom. The molecule has 1 aliphatic heterocycles. The summed E-state index contributed by atoms with van der Waals surface area (Å²) in [5.41, 5.74) is 3.43. The molecule has 0 unspecified atom stereocenters. The number of ether oxygens (including phenoxy) is 2. The number of carbonyl (C=O) groups excluding carboxylic acids is 1. The highest BCUT2D eigenvalue weighted by atomic mass is 32.1. The fourth-order valence-corrected chi connectivity index (χ4v) is 6.37. The highest BCUT2D eigenvalue weighted by molar-refractivity contribution is 7.07. The summed E-state index contributed by atoms with van der Waals surface area (Å²) in [6, 6.07) is 19.2. The van der Waals surface area contributed by atoms with Crippen molar-refractivity contribution in [2.24, 2.45) is 4.99 Å². The first kappa shape index (κ1) is 27.4. The minimum Gasteiger partial charge on any atom is -0.496 e. The zero-order valence-electron chi connectivity index (χ0n) is 23.4. The molecule has 2 heterocycles. The van der Waals surface area contributed by atoms with Gasteiger partial charge in [-0.25, -0.2) is 9.79 Å². The van der Waals surface area contributed by atoms with E-state index >= 15 is 0 Å². The number of aromatic nitrogens is 1. The van der Waals surface area contributed by atoms with E-state index in [1.807, 2.05) is 54.6 Å². The Kier molecular flexibility index (Phi) is 7.89. The molecule has 1 aromatic heterocycles. The summed E-state index contributed by atoms with van der Waals surface area (Å²) in [7, 11) is 1.60. The van der Waals surface area contributed by atoms with Crippen LogP contribution in [0.3, 0.4) is 0 Å². The summed E-state index contributed by atoms with van der Waals surface area (Å²) >= 11 is 1.32. The van der Waals surface area contributed by atoms with Crippen LogP contribution < -0.4 is 24.5 Å². The lowest BCUT2D eigenvalue weighted by Gasteiger charge is -2.27. The topological polar surface area (TPSA) is 73.1 Å². The first-order chi connectivity index (χ1) is 19.4. The van der Waals surface area contributed by atoms with Crippen LogP contribution in [0, 0.1) is 0 Å². The standard InChI is InChI=1S/C32H33N3O4S/c1-6-34(7-2)23-16-13-21(14-17-23)19-26-30(36)35-29(27(31(37)39-8-3)20(4)33-32(35)40-26)28-24-12-10-9-11-22(24)15-18-25(28)38-5/h9-19,29H,6-8H2,1-5H3/b26-19+/t29-/m1/s1. The van der Waals surface area contributed by atoms with Crippen LogP contribution in [0.15, 0.2) is 81.7 Å². The number of carbonyl (C=O) groups is 1. The van der Waals surface area contributed by atoms with Gasteiger partial charge < -0.3 is 14.4 Å². The van der Waals surface area contributed by atoms with Crippen molar-refractivity contribution in [1.82, 2.24) is 4.57 Å². The molecule has 3 aromatic carbocycles. The monoisotopic (exact) mass is 555 g/mol. The third-order valence-electron chi connectivity index (χ3n) is 7.26. The number of hydrogen-bond acceptors (Lipinski definition) is 7. The van der Waals surface area contributed by atoms with Crippen molar-refractivity contribution in [3.8, 4) is 5.75 Å². The largest absolute Gasteiger partial charge is 0.496 e. The van der Waals surface area contributed by atoms with Crippen LogP contribution in [0.4, 0.5) is 5.69 Å². The summed E-state index contributed by atoms with van der Waals surface area (Å²) < 4.78 is 13.4. The molecule has 0 N–H and O–H groups in total. The molecule has 5 rings (SSSR count). The molecule has 0 spiro atoms. The second-order valence-corrected chi connectivity index (χ2v) is 10.5. The lowest BCUT2D eigenvalue weighted by molar-refractivity contribution is -0.139. The molecule has 0 saturated heterocycles. The van der Waals surface area contributed by atoms with Gasteiger partial charge in [-0.1, -0.05) is 53.8 Å². The van der Waals surface area contributed by atoms with E-state index in [9.17, 15) is 9.59 Å². The summed E-state index contributed by atoms with van der Waals surface area (Å²) in [5.74, 6) is 0.0896. The zero-order chi connectivity index (χ0) is 28.4. The fourth-order valence-electron chi connectivity index (χ4n) is 5.32. The third-order valence-corrected chi connectivity index (χ3v) is 8.24. The number of nitrogens with zero attached hydrogens (tertiary/aromatic N) is 3. The summed E-state index contributed by atoms with van der Waals surface area (Å²) in [5, 5.41) is 1.87. The Bertz CT molecular complexity index is 1780. The average Bonchev–Trinajstić information content (AvgIpc) is 3.27. The molecule has 0 fully saturated rings. The molecule has 1 atom stereocenters. The van der Waals surface area contributed by atoms with E-state index in [-0.39, 0.29) is 12.2 Å². The van der Waals surface area contributed by atoms with Crippen LogP contribution >= 0.6 is 11.3 Å². The van der Waals surface area contributed by atoms with Gasteiger partial charge in [-0.05, 0) is 68.3 Å². The third kappa shape index (κ3) is 4.84. The number of esters is 1. The van der Waals surface area contributed by atoms with Crippen LogP contribution in [0.25, 0.3) is 16.8 Å². The lowest BCUT2D eigenvalue weighted by Crippen LogP contribution is -2.40. The van der Waals surface area contributed by atoms with Gasteiger partial charge in [0.1, 0.15) is 11.8 Å². The van der Waals surface area contributed by atoms with Crippen molar-refractivity contribution in [1.29, 1.82) is 0 Å². The molecule has 8 heteroatoms. The van der Waals surface area contributed by atoms with E-state index in [1.165, 1.54) is 11.3 Å². The van der Waals surface area contributed by atoms with Gasteiger partial charge in [-0.15, -0.1) is 0 Å². The quantitative estimate of drug-likeness (QED) is 0.292. The molecule has 0 bridgehead atoms. The van der Waals surface area contributed by atoms with Gasteiger partial charge in [0.05, 0.1) is 29.5 Å². The van der Waals surface area contributed by atoms with Gasteiger partial charge >= 0.3 is 5.97 Å². The Morgan fingerprint density at radius 2 is 1.77 bits per heavy atom. The van der Waals surface area contributed by atoms with Crippen molar-refractivity contribution in [2.75, 3.05) is 31.7 Å². The number of thiazole rings is 1. The molecule has 4 aromatic rings. The molecule has 0 amide bonds. The van der Waals surface area contributed by atoms with E-state index in [0.717, 1.165) is 40.7 Å². The molecule has 0 saturated carbocycles. The number of hydrogen-bond donors (Lipinski definition) is 0. The predicted molar refractivity (Wildman–Crippen MR) is 161 cm³/mol. The lowest BCUT2D eigenvalue weighted by atomic mass is 9.90. The first-order valence-electron chi connectivity index (χ1n) is 13.5. The van der Waals surface area contributed by atoms with Gasteiger partial charge in [-0.3, -0.25) is 9.36 Å². The summed E-state index contributed by atoms with van der Waals surface area (Å²) in [6.45, 7) is 9.88. The Hall–Kier alpha value is -4.17. The maximum Gasteiger partial charge on any atom is 0.338 e. The molecule has 1 aliphatic rings. The van der Waals surface area contributed by atoms with Gasteiger partial charge in [0.15, 0.2) is 4.80 Å². The van der Waals surface area contributed by atoms with E-state index in [1.54, 1.807) is 25.5 Å². The SMILES string of the molecule is CCOC(=O)C1=C(C)N=c2s/c(=C/c3ccc(N(CC)CC)cc3)c(=O)n2[C@H]1c1c(OC)ccc2ccccc12. The Labute approximate surface area is 237 Å².